The van der Waals surface area contributed by atoms with Crippen LogP contribution in [0.25, 0.3) is 0 Å². The lowest BCUT2D eigenvalue weighted by Crippen LogP contribution is -2.40. The zero-order valence-corrected chi connectivity index (χ0v) is 12.5. The topological polar surface area (TPSA) is 92.7 Å². The van der Waals surface area contributed by atoms with Gasteiger partial charge in [-0.1, -0.05) is 6.92 Å². The molecule has 0 heterocycles. The Labute approximate surface area is 118 Å². The van der Waals surface area contributed by atoms with Crippen LogP contribution in [0.15, 0.2) is 29.2 Å². The van der Waals surface area contributed by atoms with Gasteiger partial charge in [0, 0.05) is 6.54 Å². The zero-order valence-electron chi connectivity index (χ0n) is 11.7. The van der Waals surface area contributed by atoms with Crippen molar-refractivity contribution in [3.8, 4) is 5.75 Å². The largest absolute Gasteiger partial charge is 0.497 e. The Hall–Kier alpha value is -1.60. The molecule has 0 fully saturated rings. The van der Waals surface area contributed by atoms with Gasteiger partial charge in [-0.2, -0.15) is 0 Å². The molecule has 6 nitrogen and oxygen atoms in total. The summed E-state index contributed by atoms with van der Waals surface area (Å²) in [7, 11) is -2.24. The van der Waals surface area contributed by atoms with Gasteiger partial charge in [-0.15, -0.1) is 0 Å². The van der Waals surface area contributed by atoms with Crippen LogP contribution >= 0.6 is 0 Å². The van der Waals surface area contributed by atoms with Gasteiger partial charge in [-0.05, 0) is 37.6 Å². The average molecular weight is 301 g/mol. The molecule has 1 aromatic carbocycles. The molecule has 1 atom stereocenters. The third-order valence-electron chi connectivity index (χ3n) is 3.32. The number of carboxylic acids is 1. The van der Waals surface area contributed by atoms with Crippen LogP contribution in [0, 0.1) is 5.41 Å². The zero-order chi connectivity index (χ0) is 15.4. The van der Waals surface area contributed by atoms with Gasteiger partial charge in [0.15, 0.2) is 0 Å². The predicted octanol–water partition coefficient (Wildman–Crippen LogP) is 1.47. The molecule has 112 valence electrons. The number of aliphatic carboxylic acids is 1. The van der Waals surface area contributed by atoms with E-state index in [-0.39, 0.29) is 11.4 Å². The van der Waals surface area contributed by atoms with Crippen molar-refractivity contribution in [2.45, 2.75) is 25.2 Å². The molecule has 7 heteroatoms. The van der Waals surface area contributed by atoms with Gasteiger partial charge in [0.05, 0.1) is 17.4 Å². The van der Waals surface area contributed by atoms with Crippen molar-refractivity contribution in [3.05, 3.63) is 24.3 Å². The molecule has 0 aliphatic heterocycles. The van der Waals surface area contributed by atoms with Crippen molar-refractivity contribution >= 4 is 16.0 Å². The Bertz CT molecular complexity index is 567. The number of methoxy groups -OCH3 is 1. The van der Waals surface area contributed by atoms with Gasteiger partial charge >= 0.3 is 5.97 Å². The molecule has 0 saturated heterocycles. The quantitative estimate of drug-likeness (QED) is 0.795. The molecule has 0 aliphatic rings. The molecule has 0 aliphatic carbocycles. The van der Waals surface area contributed by atoms with Crippen molar-refractivity contribution in [1.82, 2.24) is 4.72 Å². The summed E-state index contributed by atoms with van der Waals surface area (Å²) in [5.74, 6) is -0.481. The lowest BCUT2D eigenvalue weighted by molar-refractivity contribution is -0.147. The van der Waals surface area contributed by atoms with Gasteiger partial charge in [0.2, 0.25) is 10.0 Å². The van der Waals surface area contributed by atoms with Crippen LogP contribution in [-0.2, 0) is 14.8 Å². The summed E-state index contributed by atoms with van der Waals surface area (Å²) >= 11 is 0. The Kier molecular flexibility index (Phi) is 5.13. The van der Waals surface area contributed by atoms with Crippen molar-refractivity contribution in [2.24, 2.45) is 5.41 Å². The van der Waals surface area contributed by atoms with Crippen molar-refractivity contribution in [2.75, 3.05) is 13.7 Å². The summed E-state index contributed by atoms with van der Waals surface area (Å²) in [6, 6.07) is 5.88. The SMILES string of the molecule is CCC(C)(CNS(=O)(=O)c1ccc(OC)cc1)C(=O)O. The summed E-state index contributed by atoms with van der Waals surface area (Å²) < 4.78 is 31.4. The molecular weight excluding hydrogens is 282 g/mol. The first-order valence-electron chi connectivity index (χ1n) is 6.12. The number of benzene rings is 1. The second-order valence-electron chi connectivity index (χ2n) is 4.72. The Morgan fingerprint density at radius 2 is 1.90 bits per heavy atom. The van der Waals surface area contributed by atoms with E-state index in [1.165, 1.54) is 38.3 Å². The third-order valence-corrected chi connectivity index (χ3v) is 4.74. The molecule has 20 heavy (non-hydrogen) atoms. The van der Waals surface area contributed by atoms with E-state index in [2.05, 4.69) is 4.72 Å². The van der Waals surface area contributed by atoms with E-state index in [9.17, 15) is 13.2 Å². The minimum absolute atomic E-state index is 0.0714. The van der Waals surface area contributed by atoms with E-state index >= 15 is 0 Å². The monoisotopic (exact) mass is 301 g/mol. The van der Waals surface area contributed by atoms with Crippen LogP contribution in [0.3, 0.4) is 0 Å². The fourth-order valence-electron chi connectivity index (χ4n) is 1.44. The number of rotatable bonds is 7. The number of nitrogens with one attached hydrogen (secondary N) is 1. The average Bonchev–Trinajstić information content (AvgIpc) is 2.44. The van der Waals surface area contributed by atoms with E-state index in [0.29, 0.717) is 12.2 Å². The minimum Gasteiger partial charge on any atom is -0.497 e. The highest BCUT2D eigenvalue weighted by Gasteiger charge is 2.32. The summed E-state index contributed by atoms with van der Waals surface area (Å²) in [6.07, 6.45) is 0.327. The number of hydrogen-bond donors (Lipinski definition) is 2. The van der Waals surface area contributed by atoms with Crippen molar-refractivity contribution < 1.29 is 23.1 Å². The molecule has 1 aromatic rings. The van der Waals surface area contributed by atoms with E-state index in [0.717, 1.165) is 0 Å². The number of carboxylic acid groups (broad SMARTS) is 1. The van der Waals surface area contributed by atoms with E-state index in [1.54, 1.807) is 6.92 Å². The molecular formula is C13H19NO5S. The molecule has 0 spiro atoms. The summed E-state index contributed by atoms with van der Waals surface area (Å²) in [4.78, 5) is 11.2. The van der Waals surface area contributed by atoms with Crippen molar-refractivity contribution in [3.63, 3.8) is 0 Å². The Balaban J connectivity index is 2.87. The Morgan fingerprint density at radius 3 is 2.30 bits per heavy atom. The van der Waals surface area contributed by atoms with E-state index in [4.69, 9.17) is 9.84 Å². The first-order valence-corrected chi connectivity index (χ1v) is 7.60. The van der Waals surface area contributed by atoms with Crippen LogP contribution in [-0.4, -0.2) is 33.1 Å². The number of carbonyl (C=O) groups is 1. The fraction of sp³-hybridized carbons (Fsp3) is 0.462. The van der Waals surface area contributed by atoms with E-state index < -0.39 is 21.4 Å². The summed E-state index contributed by atoms with van der Waals surface area (Å²) in [5, 5.41) is 9.12. The maximum Gasteiger partial charge on any atom is 0.310 e. The van der Waals surface area contributed by atoms with Gasteiger partial charge in [0.25, 0.3) is 0 Å². The second-order valence-corrected chi connectivity index (χ2v) is 6.49. The number of ether oxygens (including phenoxy) is 1. The standard InChI is InChI=1S/C13H19NO5S/c1-4-13(2,12(15)16)9-14-20(17,18)11-7-5-10(19-3)6-8-11/h5-8,14H,4,9H2,1-3H3,(H,15,16). The number of hydrogen-bond acceptors (Lipinski definition) is 4. The van der Waals surface area contributed by atoms with Crippen LogP contribution in [0.5, 0.6) is 5.75 Å². The maximum atomic E-state index is 12.1. The highest BCUT2D eigenvalue weighted by molar-refractivity contribution is 7.89. The van der Waals surface area contributed by atoms with Crippen LogP contribution in [0.2, 0.25) is 0 Å². The lowest BCUT2D eigenvalue weighted by atomic mass is 9.88. The summed E-state index contributed by atoms with van der Waals surface area (Å²) in [5.41, 5.74) is -1.13. The predicted molar refractivity (Wildman–Crippen MR) is 74.2 cm³/mol. The van der Waals surface area contributed by atoms with Crippen LogP contribution < -0.4 is 9.46 Å². The van der Waals surface area contributed by atoms with E-state index in [1.807, 2.05) is 0 Å². The minimum atomic E-state index is -3.73. The molecule has 0 saturated carbocycles. The first kappa shape index (κ1) is 16.5. The first-order chi connectivity index (χ1) is 9.25. The van der Waals surface area contributed by atoms with Crippen LogP contribution in [0.4, 0.5) is 0 Å². The molecule has 0 amide bonds. The molecule has 2 N–H and O–H groups in total. The van der Waals surface area contributed by atoms with Crippen molar-refractivity contribution in [1.29, 1.82) is 0 Å². The second kappa shape index (κ2) is 6.23. The smallest absolute Gasteiger partial charge is 0.310 e. The van der Waals surface area contributed by atoms with Gasteiger partial charge in [-0.25, -0.2) is 13.1 Å². The Morgan fingerprint density at radius 1 is 1.35 bits per heavy atom. The number of sulfonamides is 1. The molecule has 1 unspecified atom stereocenters. The van der Waals surface area contributed by atoms with Gasteiger partial charge in [-0.3, -0.25) is 4.79 Å². The maximum absolute atomic E-state index is 12.1. The van der Waals surface area contributed by atoms with Crippen LogP contribution in [0.1, 0.15) is 20.3 Å². The normalized spacial score (nSPS) is 14.6. The summed E-state index contributed by atoms with van der Waals surface area (Å²) in [6.45, 7) is 3.05. The highest BCUT2D eigenvalue weighted by atomic mass is 32.2. The highest BCUT2D eigenvalue weighted by Crippen LogP contribution is 2.21. The molecule has 1 rings (SSSR count). The molecule has 0 radical (unpaired) electrons. The fourth-order valence-corrected chi connectivity index (χ4v) is 2.61. The molecule has 0 bridgehead atoms. The lowest BCUT2D eigenvalue weighted by Gasteiger charge is -2.23. The van der Waals surface area contributed by atoms with Gasteiger partial charge in [0.1, 0.15) is 5.75 Å². The van der Waals surface area contributed by atoms with Gasteiger partial charge < -0.3 is 9.84 Å². The third kappa shape index (κ3) is 3.71. The molecule has 0 aromatic heterocycles.